The van der Waals surface area contributed by atoms with Crippen LogP contribution < -0.4 is 4.72 Å². The van der Waals surface area contributed by atoms with E-state index in [0.717, 1.165) is 13.1 Å². The van der Waals surface area contributed by atoms with Crippen LogP contribution in [-0.4, -0.2) is 62.9 Å². The van der Waals surface area contributed by atoms with E-state index in [4.69, 9.17) is 0 Å². The van der Waals surface area contributed by atoms with Crippen LogP contribution in [0.4, 0.5) is 0 Å². The average Bonchev–Trinajstić information content (AvgIpc) is 2.61. The molecule has 0 aliphatic carbocycles. The molecule has 1 aliphatic rings. The lowest BCUT2D eigenvalue weighted by molar-refractivity contribution is 0.0773. The summed E-state index contributed by atoms with van der Waals surface area (Å²) in [5.74, 6) is 1.20. The van der Waals surface area contributed by atoms with Gasteiger partial charge >= 0.3 is 0 Å². The zero-order valence-corrected chi connectivity index (χ0v) is 18.6. The van der Waals surface area contributed by atoms with Gasteiger partial charge in [-0.05, 0) is 63.3 Å². The van der Waals surface area contributed by atoms with Crippen LogP contribution in [0, 0.1) is 11.8 Å². The van der Waals surface area contributed by atoms with Gasteiger partial charge in [-0.3, -0.25) is 4.79 Å². The third-order valence-corrected chi connectivity index (χ3v) is 6.90. The number of hydrogen-bond donors (Lipinski definition) is 1. The maximum absolute atomic E-state index is 12.7. The zero-order chi connectivity index (χ0) is 20.9. The van der Waals surface area contributed by atoms with E-state index in [1.807, 2.05) is 20.8 Å². The van der Waals surface area contributed by atoms with Crippen LogP contribution in [0.5, 0.6) is 0 Å². The van der Waals surface area contributed by atoms with Crippen molar-refractivity contribution in [1.82, 2.24) is 14.5 Å². The lowest BCUT2D eigenvalue weighted by atomic mass is 9.92. The van der Waals surface area contributed by atoms with Crippen LogP contribution in [0.3, 0.4) is 0 Å². The van der Waals surface area contributed by atoms with Crippen molar-refractivity contribution in [2.24, 2.45) is 11.8 Å². The Morgan fingerprint density at radius 1 is 1.14 bits per heavy atom. The van der Waals surface area contributed by atoms with Gasteiger partial charge in [0.15, 0.2) is 0 Å². The number of nitrogens with zero attached hydrogens (tertiary/aromatic N) is 2. The molecule has 0 radical (unpaired) electrons. The van der Waals surface area contributed by atoms with Crippen molar-refractivity contribution >= 4 is 15.9 Å². The third-order valence-electron chi connectivity index (χ3n) is 5.30. The molecule has 0 spiro atoms. The highest BCUT2D eigenvalue weighted by atomic mass is 32.2. The number of carbonyl (C=O) groups is 1. The Balaban J connectivity index is 2.01. The molecule has 1 amide bonds. The molecule has 1 aromatic carbocycles. The summed E-state index contributed by atoms with van der Waals surface area (Å²) >= 11 is 0. The van der Waals surface area contributed by atoms with Gasteiger partial charge in [0.1, 0.15) is 0 Å². The maximum atomic E-state index is 12.7. The SMILES string of the molecule is CCN(CC)C(=O)c1ccc(S(=O)(=O)N[C@@H](C)CN2C[C@H](C)C[C@H](C)C2)cc1. The summed E-state index contributed by atoms with van der Waals surface area (Å²) in [6.45, 7) is 14.2. The van der Waals surface area contributed by atoms with Gasteiger partial charge in [-0.2, -0.15) is 0 Å². The highest BCUT2D eigenvalue weighted by Crippen LogP contribution is 2.21. The van der Waals surface area contributed by atoms with Crippen LogP contribution in [0.25, 0.3) is 0 Å². The van der Waals surface area contributed by atoms with Crippen LogP contribution in [0.2, 0.25) is 0 Å². The Hall–Kier alpha value is -1.44. The largest absolute Gasteiger partial charge is 0.339 e. The topological polar surface area (TPSA) is 69.7 Å². The van der Waals surface area contributed by atoms with E-state index in [1.165, 1.54) is 18.6 Å². The van der Waals surface area contributed by atoms with Crippen molar-refractivity contribution in [3.8, 4) is 0 Å². The van der Waals surface area contributed by atoms with Gasteiger partial charge in [0.25, 0.3) is 5.91 Å². The molecule has 1 N–H and O–H groups in total. The fraction of sp³-hybridized carbons (Fsp3) is 0.667. The summed E-state index contributed by atoms with van der Waals surface area (Å²) in [5, 5.41) is 0. The summed E-state index contributed by atoms with van der Waals surface area (Å²) in [5.41, 5.74) is 0.506. The Bertz CT molecular complexity index is 735. The minimum Gasteiger partial charge on any atom is -0.339 e. The number of carbonyl (C=O) groups excluding carboxylic acids is 1. The van der Waals surface area contributed by atoms with Gasteiger partial charge in [-0.1, -0.05) is 13.8 Å². The second kappa shape index (κ2) is 9.85. The minimum atomic E-state index is -3.61. The van der Waals surface area contributed by atoms with Crippen LogP contribution in [-0.2, 0) is 10.0 Å². The molecule has 0 unspecified atom stereocenters. The smallest absolute Gasteiger partial charge is 0.253 e. The highest BCUT2D eigenvalue weighted by Gasteiger charge is 2.25. The normalized spacial score (nSPS) is 22.0. The fourth-order valence-corrected chi connectivity index (χ4v) is 5.40. The number of nitrogens with one attached hydrogen (secondary N) is 1. The molecule has 0 bridgehead atoms. The summed E-state index contributed by atoms with van der Waals surface area (Å²) < 4.78 is 28.2. The molecule has 7 heteroatoms. The lowest BCUT2D eigenvalue weighted by Crippen LogP contribution is -2.46. The van der Waals surface area contributed by atoms with Gasteiger partial charge in [0, 0.05) is 44.3 Å². The molecule has 1 aromatic rings. The molecule has 1 fully saturated rings. The van der Waals surface area contributed by atoms with Gasteiger partial charge < -0.3 is 9.80 Å². The molecule has 3 atom stereocenters. The number of amides is 1. The van der Waals surface area contributed by atoms with E-state index in [2.05, 4.69) is 23.5 Å². The number of rotatable bonds is 8. The van der Waals surface area contributed by atoms with Gasteiger partial charge in [-0.25, -0.2) is 13.1 Å². The van der Waals surface area contributed by atoms with Crippen LogP contribution >= 0.6 is 0 Å². The first-order valence-electron chi connectivity index (χ1n) is 10.3. The van der Waals surface area contributed by atoms with Crippen molar-refractivity contribution in [1.29, 1.82) is 0 Å². The van der Waals surface area contributed by atoms with Gasteiger partial charge in [-0.15, -0.1) is 0 Å². The van der Waals surface area contributed by atoms with Crippen molar-refractivity contribution in [2.45, 2.75) is 52.0 Å². The average molecular weight is 410 g/mol. The predicted molar refractivity (Wildman–Crippen MR) is 113 cm³/mol. The van der Waals surface area contributed by atoms with Crippen LogP contribution in [0.15, 0.2) is 29.2 Å². The van der Waals surface area contributed by atoms with Crippen molar-refractivity contribution in [2.75, 3.05) is 32.7 Å². The molecule has 28 heavy (non-hydrogen) atoms. The van der Waals surface area contributed by atoms with E-state index in [0.29, 0.717) is 37.0 Å². The van der Waals surface area contributed by atoms with Gasteiger partial charge in [0.05, 0.1) is 4.90 Å². The molecular weight excluding hydrogens is 374 g/mol. The summed E-state index contributed by atoms with van der Waals surface area (Å²) in [6.07, 6.45) is 1.23. The van der Waals surface area contributed by atoms with Crippen LogP contribution in [0.1, 0.15) is 51.4 Å². The molecule has 6 nitrogen and oxygen atoms in total. The molecule has 0 aromatic heterocycles. The third kappa shape index (κ3) is 6.03. The van der Waals surface area contributed by atoms with Crippen molar-refractivity contribution < 1.29 is 13.2 Å². The quantitative estimate of drug-likeness (QED) is 0.717. The first-order valence-corrected chi connectivity index (χ1v) is 11.8. The summed E-state index contributed by atoms with van der Waals surface area (Å²) in [7, 11) is -3.61. The lowest BCUT2D eigenvalue weighted by Gasteiger charge is -2.36. The molecule has 2 rings (SSSR count). The van der Waals surface area contributed by atoms with E-state index in [-0.39, 0.29) is 16.8 Å². The summed E-state index contributed by atoms with van der Waals surface area (Å²) in [4.78, 5) is 16.6. The number of sulfonamides is 1. The van der Waals surface area contributed by atoms with E-state index >= 15 is 0 Å². The zero-order valence-electron chi connectivity index (χ0n) is 17.8. The van der Waals surface area contributed by atoms with Gasteiger partial charge in [0.2, 0.25) is 10.0 Å². The number of benzene rings is 1. The molecule has 1 heterocycles. The van der Waals surface area contributed by atoms with E-state index < -0.39 is 10.0 Å². The second-order valence-corrected chi connectivity index (χ2v) is 9.90. The number of hydrogen-bond acceptors (Lipinski definition) is 4. The Kier molecular flexibility index (Phi) is 8.04. The Morgan fingerprint density at radius 3 is 2.18 bits per heavy atom. The molecule has 0 saturated carbocycles. The summed E-state index contributed by atoms with van der Waals surface area (Å²) in [6, 6.07) is 6.02. The predicted octanol–water partition coefficient (Wildman–Crippen LogP) is 2.81. The van der Waals surface area contributed by atoms with E-state index in [1.54, 1.807) is 17.0 Å². The van der Waals surface area contributed by atoms with Crippen molar-refractivity contribution in [3.63, 3.8) is 0 Å². The maximum Gasteiger partial charge on any atom is 0.253 e. The molecular formula is C21H35N3O3S. The van der Waals surface area contributed by atoms with Crippen molar-refractivity contribution in [3.05, 3.63) is 29.8 Å². The Morgan fingerprint density at radius 2 is 1.68 bits per heavy atom. The first kappa shape index (κ1) is 22.8. The second-order valence-electron chi connectivity index (χ2n) is 8.19. The van der Waals surface area contributed by atoms with E-state index in [9.17, 15) is 13.2 Å². The molecule has 1 saturated heterocycles. The monoisotopic (exact) mass is 409 g/mol. The number of piperidine rings is 1. The molecule has 158 valence electrons. The first-order chi connectivity index (χ1) is 13.2. The standard InChI is InChI=1S/C21H35N3O3S/c1-6-24(7-2)21(25)19-8-10-20(11-9-19)28(26,27)22-18(5)15-23-13-16(3)12-17(4)14-23/h8-11,16-18,22H,6-7,12-15H2,1-5H3/t16-,17+,18-/m0/s1. The molecule has 1 aliphatic heterocycles. The Labute approximate surface area is 170 Å². The minimum absolute atomic E-state index is 0.0800. The highest BCUT2D eigenvalue weighted by molar-refractivity contribution is 7.89. The fourth-order valence-electron chi connectivity index (χ4n) is 4.17. The number of likely N-dealkylation sites (tertiary alicyclic amines) is 1.